The number of nitrogens with zero attached hydrogens (tertiary/aromatic N) is 2. The van der Waals surface area contributed by atoms with E-state index in [1.54, 1.807) is 12.1 Å². The summed E-state index contributed by atoms with van der Waals surface area (Å²) < 4.78 is 0. The van der Waals surface area contributed by atoms with Crippen LogP contribution in [0.1, 0.15) is 18.9 Å². The Morgan fingerprint density at radius 3 is 2.80 bits per heavy atom. The topological polar surface area (TPSA) is 63.8 Å². The molecule has 7 heteroatoms. The highest BCUT2D eigenvalue weighted by molar-refractivity contribution is 7.99. The van der Waals surface area contributed by atoms with Gasteiger partial charge in [-0.05, 0) is 24.6 Å². The van der Waals surface area contributed by atoms with Crippen molar-refractivity contribution in [2.45, 2.75) is 29.7 Å². The monoisotopic (exact) mass is 328 g/mol. The average Bonchev–Trinajstić information content (AvgIpc) is 2.45. The molecular formula is C13H14Cl2N4S. The molecule has 0 aliphatic carbocycles. The molecule has 0 bridgehead atoms. The lowest BCUT2D eigenvalue weighted by molar-refractivity contribution is 0.856. The summed E-state index contributed by atoms with van der Waals surface area (Å²) in [7, 11) is 0. The predicted octanol–water partition coefficient (Wildman–Crippen LogP) is 4.17. The summed E-state index contributed by atoms with van der Waals surface area (Å²) >= 11 is 13.7. The van der Waals surface area contributed by atoms with Gasteiger partial charge in [-0.1, -0.05) is 48.3 Å². The van der Waals surface area contributed by atoms with Gasteiger partial charge in [0.2, 0.25) is 0 Å². The zero-order chi connectivity index (χ0) is 14.5. The number of nitrogen functional groups attached to an aromatic ring is 1. The van der Waals surface area contributed by atoms with Gasteiger partial charge >= 0.3 is 0 Å². The summed E-state index contributed by atoms with van der Waals surface area (Å²) in [5.74, 6) is 6.14. The molecule has 0 fully saturated rings. The Hall–Kier alpha value is -1.01. The first-order valence-corrected chi connectivity index (χ1v) is 7.66. The minimum Gasteiger partial charge on any atom is -0.308 e. The molecule has 0 aliphatic rings. The first-order valence-electron chi connectivity index (χ1n) is 6.09. The zero-order valence-corrected chi connectivity index (χ0v) is 13.2. The van der Waals surface area contributed by atoms with Crippen LogP contribution in [0.2, 0.25) is 10.0 Å². The Bertz CT molecular complexity index is 607. The van der Waals surface area contributed by atoms with Gasteiger partial charge in [-0.15, -0.1) is 0 Å². The molecule has 1 aromatic heterocycles. The van der Waals surface area contributed by atoms with Crippen molar-refractivity contribution in [1.29, 1.82) is 0 Å². The van der Waals surface area contributed by atoms with Gasteiger partial charge in [0.25, 0.3) is 0 Å². The summed E-state index contributed by atoms with van der Waals surface area (Å²) in [6.07, 6.45) is 3.29. The van der Waals surface area contributed by atoms with Crippen molar-refractivity contribution in [3.05, 3.63) is 40.1 Å². The molecule has 3 N–H and O–H groups in total. The average molecular weight is 329 g/mol. The first kappa shape index (κ1) is 15.4. The van der Waals surface area contributed by atoms with Crippen LogP contribution in [0.5, 0.6) is 0 Å². The van der Waals surface area contributed by atoms with E-state index in [0.29, 0.717) is 15.9 Å². The second kappa shape index (κ2) is 7.13. The van der Waals surface area contributed by atoms with Gasteiger partial charge in [0, 0.05) is 15.5 Å². The molecule has 0 unspecified atom stereocenters. The number of anilines is 1. The van der Waals surface area contributed by atoms with Crippen molar-refractivity contribution in [1.82, 2.24) is 9.97 Å². The standard InChI is InChI=1S/C13H14Cl2N4S/c1-2-3-9-12(19-16)17-7-18-13(9)20-11-6-8(14)4-5-10(11)15/h4-7H,2-3,16H2,1H3,(H,17,18,19). The molecule has 106 valence electrons. The fourth-order valence-electron chi connectivity index (χ4n) is 1.74. The van der Waals surface area contributed by atoms with Crippen molar-refractivity contribution < 1.29 is 0 Å². The van der Waals surface area contributed by atoms with E-state index in [2.05, 4.69) is 22.3 Å². The Kier molecular flexibility index (Phi) is 5.48. The molecule has 4 nitrogen and oxygen atoms in total. The molecule has 0 aliphatic heterocycles. The number of nitrogens with two attached hydrogens (primary N) is 1. The third-order valence-corrected chi connectivity index (χ3v) is 4.42. The van der Waals surface area contributed by atoms with Crippen molar-refractivity contribution in [3.8, 4) is 0 Å². The van der Waals surface area contributed by atoms with E-state index in [9.17, 15) is 0 Å². The third-order valence-electron chi connectivity index (χ3n) is 2.64. The van der Waals surface area contributed by atoms with Crippen LogP contribution in [0, 0.1) is 0 Å². The van der Waals surface area contributed by atoms with E-state index < -0.39 is 0 Å². The third kappa shape index (κ3) is 3.55. The van der Waals surface area contributed by atoms with Gasteiger partial charge in [-0.25, -0.2) is 15.8 Å². The lowest BCUT2D eigenvalue weighted by Gasteiger charge is -2.12. The van der Waals surface area contributed by atoms with Crippen molar-refractivity contribution in [3.63, 3.8) is 0 Å². The fourth-order valence-corrected chi connectivity index (χ4v) is 3.19. The lowest BCUT2D eigenvalue weighted by Crippen LogP contribution is -2.12. The van der Waals surface area contributed by atoms with Crippen LogP contribution in [0.4, 0.5) is 5.82 Å². The van der Waals surface area contributed by atoms with Crippen LogP contribution in [-0.4, -0.2) is 9.97 Å². The van der Waals surface area contributed by atoms with Crippen LogP contribution >= 0.6 is 35.0 Å². The van der Waals surface area contributed by atoms with Gasteiger partial charge in [0.05, 0.1) is 5.02 Å². The summed E-state index contributed by atoms with van der Waals surface area (Å²) in [5.41, 5.74) is 3.59. The largest absolute Gasteiger partial charge is 0.308 e. The van der Waals surface area contributed by atoms with Gasteiger partial charge < -0.3 is 5.43 Å². The van der Waals surface area contributed by atoms with E-state index in [1.807, 2.05) is 6.07 Å². The van der Waals surface area contributed by atoms with E-state index >= 15 is 0 Å². The number of hydrogen-bond acceptors (Lipinski definition) is 5. The molecule has 0 saturated carbocycles. The first-order chi connectivity index (χ1) is 9.65. The maximum absolute atomic E-state index is 6.19. The summed E-state index contributed by atoms with van der Waals surface area (Å²) in [6, 6.07) is 5.35. The van der Waals surface area contributed by atoms with Crippen molar-refractivity contribution in [2.75, 3.05) is 5.43 Å². The molecule has 0 spiro atoms. The highest BCUT2D eigenvalue weighted by Gasteiger charge is 2.13. The number of aromatic nitrogens is 2. The molecule has 1 aromatic carbocycles. The Balaban J connectivity index is 2.39. The van der Waals surface area contributed by atoms with E-state index in [0.717, 1.165) is 28.3 Å². The number of nitrogens with one attached hydrogen (secondary N) is 1. The van der Waals surface area contributed by atoms with Crippen LogP contribution in [-0.2, 0) is 6.42 Å². The quantitative estimate of drug-likeness (QED) is 0.490. The Morgan fingerprint density at radius 1 is 1.30 bits per heavy atom. The second-order valence-corrected chi connectivity index (χ2v) is 5.95. The Labute approximate surface area is 132 Å². The minimum absolute atomic E-state index is 0.639. The highest BCUT2D eigenvalue weighted by atomic mass is 35.5. The van der Waals surface area contributed by atoms with E-state index in [-0.39, 0.29) is 0 Å². The van der Waals surface area contributed by atoms with Gasteiger partial charge in [-0.2, -0.15) is 0 Å². The van der Waals surface area contributed by atoms with Crippen molar-refractivity contribution in [2.24, 2.45) is 5.84 Å². The number of benzene rings is 1. The maximum Gasteiger partial charge on any atom is 0.147 e. The minimum atomic E-state index is 0.639. The Morgan fingerprint density at radius 2 is 2.10 bits per heavy atom. The molecule has 20 heavy (non-hydrogen) atoms. The summed E-state index contributed by atoms with van der Waals surface area (Å²) in [4.78, 5) is 9.32. The molecule has 1 heterocycles. The van der Waals surface area contributed by atoms with Crippen LogP contribution in [0.3, 0.4) is 0 Å². The van der Waals surface area contributed by atoms with E-state index in [1.165, 1.54) is 18.1 Å². The maximum atomic E-state index is 6.19. The molecule has 0 atom stereocenters. The predicted molar refractivity (Wildman–Crippen MR) is 84.4 cm³/mol. The molecule has 0 saturated heterocycles. The van der Waals surface area contributed by atoms with Gasteiger partial charge in [0.1, 0.15) is 17.2 Å². The SMILES string of the molecule is CCCc1c(NN)ncnc1Sc1cc(Cl)ccc1Cl. The molecule has 0 radical (unpaired) electrons. The second-order valence-electron chi connectivity index (χ2n) is 4.08. The molecule has 0 amide bonds. The number of hydrazine groups is 1. The molecule has 2 aromatic rings. The summed E-state index contributed by atoms with van der Waals surface area (Å²) in [5, 5.41) is 2.11. The number of hydrogen-bond donors (Lipinski definition) is 2. The number of rotatable bonds is 5. The van der Waals surface area contributed by atoms with Crippen LogP contribution in [0.25, 0.3) is 0 Å². The fraction of sp³-hybridized carbons (Fsp3) is 0.231. The lowest BCUT2D eigenvalue weighted by atomic mass is 10.2. The summed E-state index contributed by atoms with van der Waals surface area (Å²) in [6.45, 7) is 2.09. The molecular weight excluding hydrogens is 315 g/mol. The van der Waals surface area contributed by atoms with Crippen LogP contribution in [0.15, 0.2) is 34.4 Å². The normalized spacial score (nSPS) is 10.6. The highest BCUT2D eigenvalue weighted by Crippen LogP contribution is 2.37. The van der Waals surface area contributed by atoms with Gasteiger partial charge in [0.15, 0.2) is 0 Å². The van der Waals surface area contributed by atoms with Crippen LogP contribution < -0.4 is 11.3 Å². The van der Waals surface area contributed by atoms with Gasteiger partial charge in [-0.3, -0.25) is 0 Å². The van der Waals surface area contributed by atoms with Crippen molar-refractivity contribution >= 4 is 40.8 Å². The smallest absolute Gasteiger partial charge is 0.147 e. The van der Waals surface area contributed by atoms with E-state index in [4.69, 9.17) is 29.0 Å². The molecule has 2 rings (SSSR count). The number of halogens is 2. The zero-order valence-electron chi connectivity index (χ0n) is 10.9.